The Morgan fingerprint density at radius 3 is 1.96 bits per heavy atom. The normalized spacial score (nSPS) is 19.1. The van der Waals surface area contributed by atoms with Crippen LogP contribution in [0.5, 0.6) is 0 Å². The summed E-state index contributed by atoms with van der Waals surface area (Å²) in [4.78, 5) is 26.4. The van der Waals surface area contributed by atoms with Gasteiger partial charge in [-0.2, -0.15) is 4.31 Å². The number of hydrogen-bond acceptors (Lipinski definition) is 5. The maximum absolute atomic E-state index is 12.5. The van der Waals surface area contributed by atoms with Gasteiger partial charge in [0.15, 0.2) is 6.61 Å². The summed E-state index contributed by atoms with van der Waals surface area (Å²) in [5.41, 5.74) is 0.237. The van der Waals surface area contributed by atoms with Gasteiger partial charge in [-0.1, -0.05) is 19.3 Å². The van der Waals surface area contributed by atoms with E-state index in [0.717, 1.165) is 38.5 Å². The molecule has 1 amide bonds. The molecule has 8 heteroatoms. The van der Waals surface area contributed by atoms with Gasteiger partial charge in [0.2, 0.25) is 10.0 Å². The molecular formula is C20H28N2O5S. The molecule has 0 unspecified atom stereocenters. The minimum absolute atomic E-state index is 0.169. The monoisotopic (exact) mass is 408 g/mol. The Hall–Kier alpha value is -1.93. The Morgan fingerprint density at radius 2 is 1.36 bits per heavy atom. The molecule has 0 radical (unpaired) electrons. The SMILES string of the molecule is O=C(OCC(=O)N1CCCCCCC1)c1ccc(S(=O)(=O)N2CCCC2)cc1. The second-order valence-electron chi connectivity index (χ2n) is 7.36. The van der Waals surface area contributed by atoms with E-state index in [2.05, 4.69) is 0 Å². The van der Waals surface area contributed by atoms with Gasteiger partial charge in [-0.05, 0) is 49.9 Å². The summed E-state index contributed by atoms with van der Waals surface area (Å²) in [6, 6.07) is 5.71. The number of carbonyl (C=O) groups is 2. The van der Waals surface area contributed by atoms with Crippen LogP contribution in [0.3, 0.4) is 0 Å². The first-order valence-corrected chi connectivity index (χ1v) is 11.5. The molecule has 0 bridgehead atoms. The Kier molecular flexibility index (Phi) is 7.07. The number of rotatable bonds is 5. The molecule has 0 aliphatic carbocycles. The third kappa shape index (κ3) is 5.11. The van der Waals surface area contributed by atoms with E-state index in [1.807, 2.05) is 0 Å². The first kappa shape index (κ1) is 20.8. The van der Waals surface area contributed by atoms with Gasteiger partial charge in [0.1, 0.15) is 0 Å². The lowest BCUT2D eigenvalue weighted by atomic mass is 10.1. The van der Waals surface area contributed by atoms with Crippen molar-refractivity contribution in [3.63, 3.8) is 0 Å². The molecule has 1 aromatic carbocycles. The van der Waals surface area contributed by atoms with E-state index >= 15 is 0 Å². The van der Waals surface area contributed by atoms with Gasteiger partial charge in [0.25, 0.3) is 5.91 Å². The summed E-state index contributed by atoms with van der Waals surface area (Å²) >= 11 is 0. The number of nitrogens with zero attached hydrogens (tertiary/aromatic N) is 2. The fraction of sp³-hybridized carbons (Fsp3) is 0.600. The predicted octanol–water partition coefficient (Wildman–Crippen LogP) is 2.42. The van der Waals surface area contributed by atoms with Crippen molar-refractivity contribution in [3.05, 3.63) is 29.8 Å². The van der Waals surface area contributed by atoms with Crippen LogP contribution in [-0.2, 0) is 19.6 Å². The van der Waals surface area contributed by atoms with E-state index in [1.54, 1.807) is 4.90 Å². The molecule has 0 aromatic heterocycles. The molecule has 2 aliphatic heterocycles. The van der Waals surface area contributed by atoms with Gasteiger partial charge in [-0.3, -0.25) is 4.79 Å². The zero-order valence-corrected chi connectivity index (χ0v) is 17.0. The second-order valence-corrected chi connectivity index (χ2v) is 9.30. The summed E-state index contributed by atoms with van der Waals surface area (Å²) in [5.74, 6) is -0.797. The molecule has 2 saturated heterocycles. The Labute approximate surface area is 166 Å². The summed E-state index contributed by atoms with van der Waals surface area (Å²) in [6.07, 6.45) is 7.15. The lowest BCUT2D eigenvalue weighted by molar-refractivity contribution is -0.134. The fourth-order valence-corrected chi connectivity index (χ4v) is 5.16. The lowest BCUT2D eigenvalue weighted by Crippen LogP contribution is -2.36. The average molecular weight is 409 g/mol. The molecule has 0 spiro atoms. The highest BCUT2D eigenvalue weighted by Gasteiger charge is 2.27. The minimum Gasteiger partial charge on any atom is -0.452 e. The van der Waals surface area contributed by atoms with E-state index in [9.17, 15) is 18.0 Å². The van der Waals surface area contributed by atoms with Crippen molar-refractivity contribution < 1.29 is 22.7 Å². The zero-order chi connectivity index (χ0) is 20.0. The van der Waals surface area contributed by atoms with Crippen molar-refractivity contribution in [1.29, 1.82) is 0 Å². The second kappa shape index (κ2) is 9.52. The highest BCUT2D eigenvalue weighted by atomic mass is 32.2. The maximum Gasteiger partial charge on any atom is 0.338 e. The first-order valence-electron chi connectivity index (χ1n) is 10.0. The summed E-state index contributed by atoms with van der Waals surface area (Å²) < 4.78 is 31.6. The van der Waals surface area contributed by atoms with Crippen molar-refractivity contribution in [3.8, 4) is 0 Å². The predicted molar refractivity (Wildman–Crippen MR) is 104 cm³/mol. The van der Waals surface area contributed by atoms with Crippen molar-refractivity contribution >= 4 is 21.9 Å². The smallest absolute Gasteiger partial charge is 0.338 e. The Balaban J connectivity index is 1.55. The summed E-state index contributed by atoms with van der Waals surface area (Å²) in [5, 5.41) is 0. The standard InChI is InChI=1S/C20H28N2O5S/c23-19(21-12-4-2-1-3-5-13-21)16-27-20(24)17-8-10-18(11-9-17)28(25,26)22-14-6-7-15-22/h8-11H,1-7,12-16H2. The molecule has 0 saturated carbocycles. The van der Waals surface area contributed by atoms with Crippen molar-refractivity contribution in [2.24, 2.45) is 0 Å². The third-order valence-corrected chi connectivity index (χ3v) is 7.24. The number of hydrogen-bond donors (Lipinski definition) is 0. The molecule has 1 aromatic rings. The molecule has 28 heavy (non-hydrogen) atoms. The first-order chi connectivity index (χ1) is 13.5. The van der Waals surface area contributed by atoms with Crippen LogP contribution in [0, 0.1) is 0 Å². The largest absolute Gasteiger partial charge is 0.452 e. The van der Waals surface area contributed by atoms with Crippen LogP contribution >= 0.6 is 0 Å². The van der Waals surface area contributed by atoms with Gasteiger partial charge in [-0.25, -0.2) is 13.2 Å². The minimum atomic E-state index is -3.51. The molecule has 154 valence electrons. The van der Waals surface area contributed by atoms with Crippen LogP contribution in [-0.4, -0.2) is 62.3 Å². The lowest BCUT2D eigenvalue weighted by Gasteiger charge is -2.24. The summed E-state index contributed by atoms with van der Waals surface area (Å²) in [7, 11) is -3.51. The van der Waals surface area contributed by atoms with Gasteiger partial charge in [0.05, 0.1) is 10.5 Å². The maximum atomic E-state index is 12.5. The third-order valence-electron chi connectivity index (χ3n) is 5.33. The average Bonchev–Trinajstić information content (AvgIpc) is 3.21. The molecule has 2 fully saturated rings. The highest BCUT2D eigenvalue weighted by molar-refractivity contribution is 7.89. The molecule has 7 nitrogen and oxygen atoms in total. The molecule has 0 atom stereocenters. The highest BCUT2D eigenvalue weighted by Crippen LogP contribution is 2.21. The number of sulfonamides is 1. The summed E-state index contributed by atoms with van der Waals surface area (Å²) in [6.45, 7) is 2.20. The fourth-order valence-electron chi connectivity index (χ4n) is 3.64. The molecular weight excluding hydrogens is 380 g/mol. The Bertz CT molecular complexity index is 777. The van der Waals surface area contributed by atoms with E-state index in [4.69, 9.17) is 4.74 Å². The van der Waals surface area contributed by atoms with Crippen molar-refractivity contribution in [2.45, 2.75) is 49.8 Å². The topological polar surface area (TPSA) is 84.0 Å². The van der Waals surface area contributed by atoms with Crippen LogP contribution in [0.25, 0.3) is 0 Å². The molecule has 0 N–H and O–H groups in total. The van der Waals surface area contributed by atoms with Gasteiger partial charge in [0, 0.05) is 26.2 Å². The number of likely N-dealkylation sites (tertiary alicyclic amines) is 1. The quantitative estimate of drug-likeness (QED) is 0.699. The van der Waals surface area contributed by atoms with Crippen LogP contribution in [0.1, 0.15) is 55.3 Å². The number of benzene rings is 1. The van der Waals surface area contributed by atoms with Gasteiger partial charge in [-0.15, -0.1) is 0 Å². The number of amides is 1. The van der Waals surface area contributed by atoms with E-state index in [-0.39, 0.29) is 23.0 Å². The molecule has 2 heterocycles. The number of carbonyl (C=O) groups excluding carboxylic acids is 2. The number of ether oxygens (including phenoxy) is 1. The van der Waals surface area contributed by atoms with E-state index in [1.165, 1.54) is 35.0 Å². The zero-order valence-electron chi connectivity index (χ0n) is 16.1. The molecule has 2 aliphatic rings. The van der Waals surface area contributed by atoms with Crippen LogP contribution in [0.2, 0.25) is 0 Å². The van der Waals surface area contributed by atoms with Gasteiger partial charge < -0.3 is 9.64 Å². The van der Waals surface area contributed by atoms with E-state index in [0.29, 0.717) is 26.2 Å². The Morgan fingerprint density at radius 1 is 0.821 bits per heavy atom. The number of esters is 1. The van der Waals surface area contributed by atoms with Crippen LogP contribution in [0.4, 0.5) is 0 Å². The van der Waals surface area contributed by atoms with Crippen molar-refractivity contribution in [1.82, 2.24) is 9.21 Å². The molecule has 3 rings (SSSR count). The van der Waals surface area contributed by atoms with Crippen molar-refractivity contribution in [2.75, 3.05) is 32.8 Å². The van der Waals surface area contributed by atoms with E-state index < -0.39 is 16.0 Å². The van der Waals surface area contributed by atoms with Crippen LogP contribution < -0.4 is 0 Å². The van der Waals surface area contributed by atoms with Gasteiger partial charge >= 0.3 is 5.97 Å². The van der Waals surface area contributed by atoms with Crippen LogP contribution in [0.15, 0.2) is 29.2 Å².